The summed E-state index contributed by atoms with van der Waals surface area (Å²) < 4.78 is 5.47. The van der Waals surface area contributed by atoms with Gasteiger partial charge in [-0.25, -0.2) is 0 Å². The van der Waals surface area contributed by atoms with Crippen LogP contribution in [0.4, 0.5) is 0 Å². The lowest BCUT2D eigenvalue weighted by Crippen LogP contribution is -2.23. The molecule has 0 saturated carbocycles. The summed E-state index contributed by atoms with van der Waals surface area (Å²) in [4.78, 5) is 0. The standard InChI is InChI=1S/C12H13N5OS/c1-2-10-15-16-11(18-10)9-5-3-8(4-6-9)7-14-17-12(13)19/h3-7H,2H2,1H3,(H3,13,17,19). The van der Waals surface area contributed by atoms with Gasteiger partial charge in [-0.05, 0) is 29.9 Å². The van der Waals surface area contributed by atoms with Gasteiger partial charge in [-0.3, -0.25) is 5.43 Å². The molecule has 3 N–H and O–H groups in total. The van der Waals surface area contributed by atoms with E-state index in [0.717, 1.165) is 17.5 Å². The third kappa shape index (κ3) is 3.59. The van der Waals surface area contributed by atoms with Crippen molar-refractivity contribution >= 4 is 23.5 Å². The summed E-state index contributed by atoms with van der Waals surface area (Å²) in [6.07, 6.45) is 2.34. The molecule has 0 unspecified atom stereocenters. The van der Waals surface area contributed by atoms with Crippen LogP contribution in [0.3, 0.4) is 0 Å². The molecule has 0 amide bonds. The number of thiocarbonyl (C=S) groups is 1. The zero-order chi connectivity index (χ0) is 13.7. The molecule has 2 rings (SSSR count). The highest BCUT2D eigenvalue weighted by atomic mass is 32.1. The fraction of sp³-hybridized carbons (Fsp3) is 0.167. The normalized spacial score (nSPS) is 10.8. The molecule has 0 fully saturated rings. The van der Waals surface area contributed by atoms with Crippen molar-refractivity contribution in [2.75, 3.05) is 0 Å². The van der Waals surface area contributed by atoms with Crippen molar-refractivity contribution in [1.29, 1.82) is 0 Å². The summed E-state index contributed by atoms with van der Waals surface area (Å²) in [5.74, 6) is 1.14. The second kappa shape index (κ2) is 6.05. The fourth-order valence-electron chi connectivity index (χ4n) is 1.40. The van der Waals surface area contributed by atoms with Crippen molar-refractivity contribution in [3.63, 3.8) is 0 Å². The Morgan fingerprint density at radius 2 is 2.16 bits per heavy atom. The highest BCUT2D eigenvalue weighted by Crippen LogP contribution is 2.18. The van der Waals surface area contributed by atoms with Gasteiger partial charge in [0.25, 0.3) is 0 Å². The highest BCUT2D eigenvalue weighted by molar-refractivity contribution is 7.80. The van der Waals surface area contributed by atoms with Crippen LogP contribution in [0, 0.1) is 0 Å². The van der Waals surface area contributed by atoms with E-state index in [9.17, 15) is 0 Å². The Kier molecular flexibility index (Phi) is 4.19. The molecule has 0 aliphatic heterocycles. The first-order valence-corrected chi connectivity index (χ1v) is 6.11. The van der Waals surface area contributed by atoms with Crippen LogP contribution in [0.5, 0.6) is 0 Å². The van der Waals surface area contributed by atoms with Crippen molar-refractivity contribution in [1.82, 2.24) is 15.6 Å². The zero-order valence-corrected chi connectivity index (χ0v) is 11.1. The maximum Gasteiger partial charge on any atom is 0.247 e. The number of nitrogens with one attached hydrogen (secondary N) is 1. The highest BCUT2D eigenvalue weighted by Gasteiger charge is 2.06. The molecule has 0 bridgehead atoms. The van der Waals surface area contributed by atoms with Crippen molar-refractivity contribution in [2.45, 2.75) is 13.3 Å². The monoisotopic (exact) mass is 275 g/mol. The molecule has 0 aliphatic carbocycles. The first-order chi connectivity index (χ1) is 9.19. The Hall–Kier alpha value is -2.28. The van der Waals surface area contributed by atoms with Gasteiger partial charge in [0.1, 0.15) is 0 Å². The molecular weight excluding hydrogens is 262 g/mol. The minimum absolute atomic E-state index is 0.130. The Morgan fingerprint density at radius 1 is 1.42 bits per heavy atom. The van der Waals surface area contributed by atoms with E-state index in [0.29, 0.717) is 11.8 Å². The molecule has 0 spiro atoms. The number of hydrogen-bond acceptors (Lipinski definition) is 5. The van der Waals surface area contributed by atoms with Gasteiger partial charge >= 0.3 is 0 Å². The number of nitrogens with zero attached hydrogens (tertiary/aromatic N) is 3. The number of hydrazone groups is 1. The van der Waals surface area contributed by atoms with Crippen LogP contribution in [-0.4, -0.2) is 21.5 Å². The Balaban J connectivity index is 2.09. The largest absolute Gasteiger partial charge is 0.421 e. The average Bonchev–Trinajstić information content (AvgIpc) is 2.88. The van der Waals surface area contributed by atoms with E-state index >= 15 is 0 Å². The van der Waals surface area contributed by atoms with E-state index in [1.54, 1.807) is 6.21 Å². The molecule has 0 radical (unpaired) electrons. The number of nitrogens with two attached hydrogens (primary N) is 1. The maximum atomic E-state index is 5.47. The Bertz CT molecular complexity index is 590. The van der Waals surface area contributed by atoms with Crippen LogP contribution >= 0.6 is 12.2 Å². The van der Waals surface area contributed by atoms with Crippen LogP contribution < -0.4 is 11.2 Å². The molecule has 0 aliphatic rings. The zero-order valence-electron chi connectivity index (χ0n) is 10.3. The van der Waals surface area contributed by atoms with E-state index in [2.05, 4.69) is 32.9 Å². The maximum absolute atomic E-state index is 5.47. The van der Waals surface area contributed by atoms with Gasteiger partial charge in [-0.15, -0.1) is 10.2 Å². The van der Waals surface area contributed by atoms with Gasteiger partial charge in [0.05, 0.1) is 6.21 Å². The van der Waals surface area contributed by atoms with E-state index in [1.165, 1.54) is 0 Å². The lowest BCUT2D eigenvalue weighted by molar-refractivity contribution is 0.513. The van der Waals surface area contributed by atoms with E-state index < -0.39 is 0 Å². The molecule has 98 valence electrons. The number of hydrogen-bond donors (Lipinski definition) is 2. The minimum Gasteiger partial charge on any atom is -0.421 e. The van der Waals surface area contributed by atoms with Crippen LogP contribution in [0.25, 0.3) is 11.5 Å². The first-order valence-electron chi connectivity index (χ1n) is 5.70. The third-order valence-electron chi connectivity index (χ3n) is 2.32. The summed E-state index contributed by atoms with van der Waals surface area (Å²) in [6.45, 7) is 1.96. The van der Waals surface area contributed by atoms with Gasteiger partial charge in [-0.2, -0.15) is 5.10 Å². The molecule has 6 nitrogen and oxygen atoms in total. The molecule has 1 aromatic carbocycles. The number of benzene rings is 1. The molecular formula is C12H13N5OS. The van der Waals surface area contributed by atoms with Gasteiger partial charge < -0.3 is 10.2 Å². The predicted molar refractivity (Wildman–Crippen MR) is 76.6 cm³/mol. The molecule has 0 saturated heterocycles. The summed E-state index contributed by atoms with van der Waals surface area (Å²) in [7, 11) is 0. The van der Waals surface area contributed by atoms with E-state index in [4.69, 9.17) is 10.2 Å². The van der Waals surface area contributed by atoms with Crippen LogP contribution in [0.1, 0.15) is 18.4 Å². The number of aromatic nitrogens is 2. The smallest absolute Gasteiger partial charge is 0.247 e. The van der Waals surface area contributed by atoms with Crippen molar-refractivity contribution in [3.05, 3.63) is 35.7 Å². The number of rotatable bonds is 4. The van der Waals surface area contributed by atoms with E-state index in [-0.39, 0.29) is 5.11 Å². The molecule has 0 atom stereocenters. The predicted octanol–water partition coefficient (Wildman–Crippen LogP) is 1.47. The second-order valence-electron chi connectivity index (χ2n) is 3.71. The molecule has 19 heavy (non-hydrogen) atoms. The van der Waals surface area contributed by atoms with Crippen molar-refractivity contribution < 1.29 is 4.42 Å². The SMILES string of the molecule is CCc1nnc(-c2ccc(C=NNC(N)=S)cc2)o1. The lowest BCUT2D eigenvalue weighted by atomic mass is 10.1. The summed E-state index contributed by atoms with van der Waals surface area (Å²) in [5, 5.41) is 11.9. The van der Waals surface area contributed by atoms with Crippen LogP contribution in [0.15, 0.2) is 33.8 Å². The summed E-state index contributed by atoms with van der Waals surface area (Å²) >= 11 is 4.63. The number of aryl methyl sites for hydroxylation is 1. The first kappa shape index (κ1) is 13.2. The molecule has 7 heteroatoms. The topological polar surface area (TPSA) is 89.3 Å². The lowest BCUT2D eigenvalue weighted by Gasteiger charge is -1.97. The summed E-state index contributed by atoms with van der Waals surface area (Å²) in [6, 6.07) is 7.54. The van der Waals surface area contributed by atoms with Crippen molar-refractivity contribution in [2.24, 2.45) is 10.8 Å². The van der Waals surface area contributed by atoms with Gasteiger partial charge in [0.2, 0.25) is 11.8 Å². The van der Waals surface area contributed by atoms with Gasteiger partial charge in [0.15, 0.2) is 5.11 Å². The average molecular weight is 275 g/mol. The van der Waals surface area contributed by atoms with Gasteiger partial charge in [0, 0.05) is 12.0 Å². The quantitative estimate of drug-likeness (QED) is 0.499. The van der Waals surface area contributed by atoms with Crippen molar-refractivity contribution in [3.8, 4) is 11.5 Å². The van der Waals surface area contributed by atoms with Gasteiger partial charge in [-0.1, -0.05) is 19.1 Å². The van der Waals surface area contributed by atoms with Crippen LogP contribution in [0.2, 0.25) is 0 Å². The molecule has 2 aromatic rings. The Labute approximate surface area is 115 Å². The minimum atomic E-state index is 0.130. The van der Waals surface area contributed by atoms with E-state index in [1.807, 2.05) is 31.2 Å². The summed E-state index contributed by atoms with van der Waals surface area (Å²) in [5.41, 5.74) is 9.51. The second-order valence-corrected chi connectivity index (χ2v) is 4.15. The Morgan fingerprint density at radius 3 is 2.74 bits per heavy atom. The molecule has 1 aromatic heterocycles. The third-order valence-corrected chi connectivity index (χ3v) is 2.41. The molecule has 1 heterocycles. The van der Waals surface area contributed by atoms with Crippen LogP contribution in [-0.2, 0) is 6.42 Å². The fourth-order valence-corrected chi connectivity index (χ4v) is 1.45.